The summed E-state index contributed by atoms with van der Waals surface area (Å²) in [6, 6.07) is 0. The van der Waals surface area contributed by atoms with Crippen LogP contribution in [0.4, 0.5) is 5.69 Å². The van der Waals surface area contributed by atoms with Gasteiger partial charge in [-0.3, -0.25) is 25.3 Å². The van der Waals surface area contributed by atoms with E-state index in [-0.39, 0.29) is 11.6 Å². The molecule has 16 heavy (non-hydrogen) atoms. The Kier molecular flexibility index (Phi) is 2.77. The maximum atomic E-state index is 11.5. The molecule has 0 aliphatic carbocycles. The molecule has 7 heteroatoms. The monoisotopic (exact) mass is 218 g/mol. The van der Waals surface area contributed by atoms with Gasteiger partial charge in [-0.25, -0.2) is 4.98 Å². The fourth-order valence-corrected chi connectivity index (χ4v) is 1.10. The molecule has 0 saturated carbocycles. The van der Waals surface area contributed by atoms with Gasteiger partial charge in [-0.15, -0.1) is 0 Å². The number of nitrogens with zero attached hydrogens (tertiary/aromatic N) is 4. The second-order valence-electron chi connectivity index (χ2n) is 3.07. The fourth-order valence-electron chi connectivity index (χ4n) is 1.10. The van der Waals surface area contributed by atoms with Crippen LogP contribution >= 0.6 is 0 Å². The average Bonchev–Trinajstić information content (AvgIpc) is 2.73. The summed E-state index contributed by atoms with van der Waals surface area (Å²) in [7, 11) is 1.79. The van der Waals surface area contributed by atoms with E-state index in [1.807, 2.05) is 0 Å². The Bertz CT molecular complexity index is 480. The number of hydrogen-bond donors (Lipinski definition) is 2. The third-order valence-corrected chi connectivity index (χ3v) is 1.82. The van der Waals surface area contributed by atoms with Crippen LogP contribution in [0.25, 0.3) is 0 Å². The van der Waals surface area contributed by atoms with Gasteiger partial charge < -0.3 is 0 Å². The molecule has 0 unspecified atom stereocenters. The van der Waals surface area contributed by atoms with E-state index < -0.39 is 0 Å². The first-order valence-corrected chi connectivity index (χ1v) is 4.57. The number of aromatic nitrogens is 4. The molecule has 0 aromatic carbocycles. The lowest BCUT2D eigenvalue weighted by atomic mass is 10.4. The van der Waals surface area contributed by atoms with E-state index in [0.29, 0.717) is 5.69 Å². The van der Waals surface area contributed by atoms with Gasteiger partial charge in [-0.2, -0.15) is 5.10 Å². The lowest BCUT2D eigenvalue weighted by Gasteiger charge is -2.04. The zero-order valence-corrected chi connectivity index (χ0v) is 8.58. The van der Waals surface area contributed by atoms with Gasteiger partial charge in [0.15, 0.2) is 0 Å². The minimum Gasteiger partial charge on any atom is -0.295 e. The van der Waals surface area contributed by atoms with Crippen LogP contribution in [0.15, 0.2) is 31.0 Å². The van der Waals surface area contributed by atoms with Crippen LogP contribution in [0.2, 0.25) is 0 Å². The number of hydrogen-bond acceptors (Lipinski definition) is 5. The van der Waals surface area contributed by atoms with Crippen LogP contribution in [0.3, 0.4) is 0 Å². The summed E-state index contributed by atoms with van der Waals surface area (Å²) in [5.74, 6) is -0.350. The van der Waals surface area contributed by atoms with Gasteiger partial charge in [-0.05, 0) is 0 Å². The third kappa shape index (κ3) is 2.32. The second kappa shape index (κ2) is 4.39. The number of amides is 1. The summed E-state index contributed by atoms with van der Waals surface area (Å²) in [6.45, 7) is 0. The number of aryl methyl sites for hydroxylation is 1. The molecule has 0 atom stereocenters. The van der Waals surface area contributed by atoms with Crippen LogP contribution in [0.5, 0.6) is 0 Å². The lowest BCUT2D eigenvalue weighted by molar-refractivity contribution is 0.0957. The molecule has 0 fully saturated rings. The largest absolute Gasteiger partial charge is 0.295 e. The molecular formula is C9H10N6O. The van der Waals surface area contributed by atoms with Crippen molar-refractivity contribution in [2.75, 3.05) is 5.43 Å². The van der Waals surface area contributed by atoms with Crippen molar-refractivity contribution in [3.05, 3.63) is 36.7 Å². The molecule has 1 amide bonds. The Labute approximate surface area is 91.5 Å². The second-order valence-corrected chi connectivity index (χ2v) is 3.07. The molecule has 2 aromatic rings. The molecule has 0 saturated heterocycles. The molecular weight excluding hydrogens is 208 g/mol. The summed E-state index contributed by atoms with van der Waals surface area (Å²) in [5.41, 5.74) is 6.14. The first-order chi connectivity index (χ1) is 7.75. The topological polar surface area (TPSA) is 84.7 Å². The highest BCUT2D eigenvalue weighted by Gasteiger charge is 2.05. The summed E-state index contributed by atoms with van der Waals surface area (Å²) in [6.07, 6.45) is 7.68. The molecule has 2 heterocycles. The van der Waals surface area contributed by atoms with Crippen molar-refractivity contribution in [3.8, 4) is 0 Å². The molecule has 2 rings (SSSR count). The van der Waals surface area contributed by atoms with E-state index in [1.54, 1.807) is 24.1 Å². The van der Waals surface area contributed by atoms with E-state index in [9.17, 15) is 4.79 Å². The molecule has 0 radical (unpaired) electrons. The van der Waals surface area contributed by atoms with Crippen molar-refractivity contribution in [1.29, 1.82) is 0 Å². The normalized spacial score (nSPS) is 9.81. The number of hydrazine groups is 1. The highest BCUT2D eigenvalue weighted by molar-refractivity contribution is 5.92. The Morgan fingerprint density at radius 3 is 2.88 bits per heavy atom. The van der Waals surface area contributed by atoms with Gasteiger partial charge in [0, 0.05) is 25.6 Å². The highest BCUT2D eigenvalue weighted by Crippen LogP contribution is 2.01. The fraction of sp³-hybridized carbons (Fsp3) is 0.111. The number of carbonyl (C=O) groups is 1. The molecule has 2 aromatic heterocycles. The minimum absolute atomic E-state index is 0.249. The smallest absolute Gasteiger partial charge is 0.289 e. The Hall–Kier alpha value is -2.44. The lowest BCUT2D eigenvalue weighted by Crippen LogP contribution is -2.29. The van der Waals surface area contributed by atoms with Crippen LogP contribution in [-0.4, -0.2) is 25.7 Å². The number of anilines is 1. The number of rotatable bonds is 3. The zero-order chi connectivity index (χ0) is 11.4. The molecule has 0 spiro atoms. The maximum Gasteiger partial charge on any atom is 0.289 e. The quantitative estimate of drug-likeness (QED) is 0.706. The van der Waals surface area contributed by atoms with Crippen molar-refractivity contribution in [2.24, 2.45) is 7.05 Å². The molecule has 7 nitrogen and oxygen atoms in total. The van der Waals surface area contributed by atoms with Crippen molar-refractivity contribution in [2.45, 2.75) is 0 Å². The summed E-state index contributed by atoms with van der Waals surface area (Å²) in [4.78, 5) is 19.2. The van der Waals surface area contributed by atoms with E-state index in [1.165, 1.54) is 18.6 Å². The van der Waals surface area contributed by atoms with E-state index in [2.05, 4.69) is 25.9 Å². The van der Waals surface area contributed by atoms with Crippen LogP contribution < -0.4 is 10.9 Å². The zero-order valence-electron chi connectivity index (χ0n) is 8.58. The Balaban J connectivity index is 1.94. The van der Waals surface area contributed by atoms with Crippen LogP contribution in [0.1, 0.15) is 10.5 Å². The Morgan fingerprint density at radius 2 is 2.25 bits per heavy atom. The molecule has 82 valence electrons. The number of nitrogens with one attached hydrogen (secondary N) is 2. The van der Waals surface area contributed by atoms with E-state index >= 15 is 0 Å². The molecule has 0 aliphatic heterocycles. The van der Waals surface area contributed by atoms with Gasteiger partial charge in [0.05, 0.1) is 18.1 Å². The average molecular weight is 218 g/mol. The molecule has 0 bridgehead atoms. The predicted octanol–water partition coefficient (Wildman–Crippen LogP) is -0.0330. The third-order valence-electron chi connectivity index (χ3n) is 1.82. The van der Waals surface area contributed by atoms with Crippen molar-refractivity contribution in [1.82, 2.24) is 25.2 Å². The Morgan fingerprint density at radius 1 is 1.38 bits per heavy atom. The molecule has 0 aliphatic rings. The van der Waals surface area contributed by atoms with E-state index in [4.69, 9.17) is 0 Å². The maximum absolute atomic E-state index is 11.5. The molecule has 2 N–H and O–H groups in total. The van der Waals surface area contributed by atoms with Crippen LogP contribution in [-0.2, 0) is 7.05 Å². The van der Waals surface area contributed by atoms with Crippen molar-refractivity contribution in [3.63, 3.8) is 0 Å². The first kappa shape index (κ1) is 10.1. The van der Waals surface area contributed by atoms with Gasteiger partial charge in [0.2, 0.25) is 0 Å². The van der Waals surface area contributed by atoms with Crippen molar-refractivity contribution < 1.29 is 4.79 Å². The number of carbonyl (C=O) groups excluding carboxylic acids is 1. The summed E-state index contributed by atoms with van der Waals surface area (Å²) < 4.78 is 1.62. The van der Waals surface area contributed by atoms with Crippen LogP contribution in [0, 0.1) is 0 Å². The van der Waals surface area contributed by atoms with Gasteiger partial charge in [0.25, 0.3) is 5.91 Å². The van der Waals surface area contributed by atoms with Gasteiger partial charge >= 0.3 is 0 Å². The summed E-state index contributed by atoms with van der Waals surface area (Å²) in [5, 5.41) is 3.94. The SMILES string of the molecule is Cn1cc(NNC(=O)c2cnccn2)cn1. The summed E-state index contributed by atoms with van der Waals surface area (Å²) >= 11 is 0. The van der Waals surface area contributed by atoms with Crippen molar-refractivity contribution >= 4 is 11.6 Å². The van der Waals surface area contributed by atoms with Gasteiger partial charge in [-0.1, -0.05) is 0 Å². The minimum atomic E-state index is -0.350. The highest BCUT2D eigenvalue weighted by atomic mass is 16.2. The van der Waals surface area contributed by atoms with Gasteiger partial charge in [0.1, 0.15) is 5.69 Å². The standard InChI is InChI=1S/C9H10N6O/c1-15-6-7(4-12-15)13-14-9(16)8-5-10-2-3-11-8/h2-6,13H,1H3,(H,14,16). The first-order valence-electron chi connectivity index (χ1n) is 4.57. The predicted molar refractivity (Wildman–Crippen MR) is 56.3 cm³/mol. The van der Waals surface area contributed by atoms with E-state index in [0.717, 1.165) is 0 Å².